The summed E-state index contributed by atoms with van der Waals surface area (Å²) in [6, 6.07) is 2.47. The molecule has 16 heavy (non-hydrogen) atoms. The molecule has 0 radical (unpaired) electrons. The van der Waals surface area contributed by atoms with Crippen LogP contribution in [0.15, 0.2) is 18.6 Å². The van der Waals surface area contributed by atoms with Crippen LogP contribution in [0.25, 0.3) is 0 Å². The van der Waals surface area contributed by atoms with Gasteiger partial charge in [0.1, 0.15) is 6.33 Å². The van der Waals surface area contributed by atoms with Crippen LogP contribution in [0.3, 0.4) is 0 Å². The molecule has 4 heteroatoms. The van der Waals surface area contributed by atoms with Crippen molar-refractivity contribution in [2.45, 2.75) is 38.0 Å². The molecule has 1 aromatic rings. The lowest BCUT2D eigenvalue weighted by Crippen LogP contribution is -2.37. The summed E-state index contributed by atoms with van der Waals surface area (Å²) in [6.07, 6.45) is 7.65. The molecule has 2 fully saturated rings. The highest BCUT2D eigenvalue weighted by Gasteiger charge is 2.40. The highest BCUT2D eigenvalue weighted by atomic mass is 16.5. The second kappa shape index (κ2) is 4.47. The molecule has 2 atom stereocenters. The van der Waals surface area contributed by atoms with Gasteiger partial charge in [-0.15, -0.1) is 0 Å². The van der Waals surface area contributed by atoms with Crippen LogP contribution in [0, 0.1) is 5.92 Å². The van der Waals surface area contributed by atoms with Gasteiger partial charge in [0, 0.05) is 25.4 Å². The van der Waals surface area contributed by atoms with Crippen molar-refractivity contribution in [1.82, 2.24) is 15.3 Å². The molecule has 1 aromatic heterocycles. The quantitative estimate of drug-likeness (QED) is 0.824. The Morgan fingerprint density at radius 3 is 3.06 bits per heavy atom. The van der Waals surface area contributed by atoms with E-state index in [2.05, 4.69) is 15.3 Å². The number of rotatable bonds is 4. The maximum Gasteiger partial charge on any atom is 0.115 e. The Morgan fingerprint density at radius 1 is 1.38 bits per heavy atom. The Morgan fingerprint density at radius 2 is 2.31 bits per heavy atom. The first kappa shape index (κ1) is 10.2. The van der Waals surface area contributed by atoms with Crippen molar-refractivity contribution >= 4 is 0 Å². The number of nitrogens with one attached hydrogen (secondary N) is 1. The lowest BCUT2D eigenvalue weighted by molar-refractivity contribution is 0.0808. The molecule has 1 N–H and O–H groups in total. The fourth-order valence-corrected chi connectivity index (χ4v) is 2.38. The van der Waals surface area contributed by atoms with Gasteiger partial charge in [-0.1, -0.05) is 0 Å². The molecule has 3 rings (SSSR count). The molecule has 2 unspecified atom stereocenters. The molecule has 1 saturated heterocycles. The highest BCUT2D eigenvalue weighted by Crippen LogP contribution is 2.38. The molecule has 2 aliphatic rings. The number of ether oxygens (including phenoxy) is 1. The predicted molar refractivity (Wildman–Crippen MR) is 59.7 cm³/mol. The van der Waals surface area contributed by atoms with E-state index >= 15 is 0 Å². The molecule has 0 bridgehead atoms. The topological polar surface area (TPSA) is 47.0 Å². The van der Waals surface area contributed by atoms with E-state index in [0.29, 0.717) is 12.1 Å². The van der Waals surface area contributed by atoms with Crippen LogP contribution < -0.4 is 5.32 Å². The van der Waals surface area contributed by atoms with Gasteiger partial charge >= 0.3 is 0 Å². The molecule has 2 heterocycles. The fraction of sp³-hybridized carbons (Fsp3) is 0.667. The SMILES string of the molecule is c1cc(CNC2CCOC2C2CC2)ncn1. The standard InChI is InChI=1S/C12H17N3O/c1-2-9(1)12-11(4-6-16-12)14-7-10-3-5-13-8-15-10/h3,5,8-9,11-12,14H,1-2,4,6-7H2. The first-order valence-corrected chi connectivity index (χ1v) is 6.03. The number of aromatic nitrogens is 2. The lowest BCUT2D eigenvalue weighted by Gasteiger charge is -2.19. The van der Waals surface area contributed by atoms with Crippen molar-refractivity contribution in [3.05, 3.63) is 24.3 Å². The molecule has 0 spiro atoms. The van der Waals surface area contributed by atoms with Gasteiger partial charge in [0.2, 0.25) is 0 Å². The van der Waals surface area contributed by atoms with Gasteiger partial charge in [0.25, 0.3) is 0 Å². The van der Waals surface area contributed by atoms with Crippen LogP contribution in [-0.4, -0.2) is 28.7 Å². The summed E-state index contributed by atoms with van der Waals surface area (Å²) in [5.74, 6) is 0.811. The van der Waals surface area contributed by atoms with E-state index in [1.807, 2.05) is 6.07 Å². The minimum absolute atomic E-state index is 0.446. The van der Waals surface area contributed by atoms with Gasteiger partial charge in [-0.2, -0.15) is 0 Å². The summed E-state index contributed by atoms with van der Waals surface area (Å²) < 4.78 is 5.78. The third-order valence-electron chi connectivity index (χ3n) is 3.41. The van der Waals surface area contributed by atoms with E-state index in [1.165, 1.54) is 12.8 Å². The molecule has 86 valence electrons. The van der Waals surface area contributed by atoms with Crippen LogP contribution in [0.4, 0.5) is 0 Å². The second-order valence-electron chi connectivity index (χ2n) is 4.65. The van der Waals surface area contributed by atoms with E-state index in [1.54, 1.807) is 12.5 Å². The minimum atomic E-state index is 0.446. The van der Waals surface area contributed by atoms with Gasteiger partial charge in [-0.3, -0.25) is 0 Å². The smallest absolute Gasteiger partial charge is 0.115 e. The van der Waals surface area contributed by atoms with E-state index in [4.69, 9.17) is 4.74 Å². The van der Waals surface area contributed by atoms with Gasteiger partial charge in [0.15, 0.2) is 0 Å². The van der Waals surface area contributed by atoms with E-state index in [9.17, 15) is 0 Å². The molecule has 1 aliphatic carbocycles. The van der Waals surface area contributed by atoms with Crippen molar-refractivity contribution in [3.63, 3.8) is 0 Å². The molecule has 0 amide bonds. The Hall–Kier alpha value is -1.00. The van der Waals surface area contributed by atoms with Crippen molar-refractivity contribution in [3.8, 4) is 0 Å². The Labute approximate surface area is 95.4 Å². The highest BCUT2D eigenvalue weighted by molar-refractivity contribution is 4.99. The zero-order chi connectivity index (χ0) is 10.8. The van der Waals surface area contributed by atoms with Gasteiger partial charge in [-0.25, -0.2) is 9.97 Å². The largest absolute Gasteiger partial charge is 0.376 e. The first-order chi connectivity index (χ1) is 7.93. The maximum atomic E-state index is 5.78. The summed E-state index contributed by atoms with van der Waals surface area (Å²) in [4.78, 5) is 8.13. The summed E-state index contributed by atoms with van der Waals surface area (Å²) in [6.45, 7) is 1.72. The molecule has 1 aliphatic heterocycles. The number of nitrogens with zero attached hydrogens (tertiary/aromatic N) is 2. The predicted octanol–water partition coefficient (Wildman–Crippen LogP) is 1.13. The van der Waals surface area contributed by atoms with Crippen molar-refractivity contribution < 1.29 is 4.74 Å². The van der Waals surface area contributed by atoms with Crippen molar-refractivity contribution in [2.75, 3.05) is 6.61 Å². The van der Waals surface area contributed by atoms with Crippen LogP contribution in [0.5, 0.6) is 0 Å². The molecule has 4 nitrogen and oxygen atoms in total. The molecular formula is C12H17N3O. The zero-order valence-electron chi connectivity index (χ0n) is 9.30. The monoisotopic (exact) mass is 219 g/mol. The molecular weight excluding hydrogens is 202 g/mol. The number of hydrogen-bond acceptors (Lipinski definition) is 4. The van der Waals surface area contributed by atoms with E-state index in [-0.39, 0.29) is 0 Å². The lowest BCUT2D eigenvalue weighted by atomic mass is 10.1. The summed E-state index contributed by atoms with van der Waals surface area (Å²) >= 11 is 0. The Kier molecular flexibility index (Phi) is 2.84. The van der Waals surface area contributed by atoms with Crippen molar-refractivity contribution in [1.29, 1.82) is 0 Å². The van der Waals surface area contributed by atoms with Gasteiger partial charge in [0.05, 0.1) is 11.8 Å². The molecule has 0 aromatic carbocycles. The number of hydrogen-bond donors (Lipinski definition) is 1. The van der Waals surface area contributed by atoms with Crippen LogP contribution in [0.1, 0.15) is 25.0 Å². The van der Waals surface area contributed by atoms with E-state index < -0.39 is 0 Å². The normalized spacial score (nSPS) is 29.5. The zero-order valence-corrected chi connectivity index (χ0v) is 9.30. The third-order valence-corrected chi connectivity index (χ3v) is 3.41. The summed E-state index contributed by atoms with van der Waals surface area (Å²) in [5, 5.41) is 3.55. The minimum Gasteiger partial charge on any atom is -0.376 e. The van der Waals surface area contributed by atoms with Crippen LogP contribution in [0.2, 0.25) is 0 Å². The Balaban J connectivity index is 1.54. The van der Waals surface area contributed by atoms with Crippen LogP contribution >= 0.6 is 0 Å². The third kappa shape index (κ3) is 2.23. The second-order valence-corrected chi connectivity index (χ2v) is 4.65. The van der Waals surface area contributed by atoms with Gasteiger partial charge in [-0.05, 0) is 31.2 Å². The summed E-state index contributed by atoms with van der Waals surface area (Å²) in [5.41, 5.74) is 1.05. The van der Waals surface area contributed by atoms with Gasteiger partial charge < -0.3 is 10.1 Å². The van der Waals surface area contributed by atoms with Crippen molar-refractivity contribution in [2.24, 2.45) is 5.92 Å². The average Bonchev–Trinajstić information content (AvgIpc) is 3.07. The molecule has 1 saturated carbocycles. The maximum absolute atomic E-state index is 5.78. The van der Waals surface area contributed by atoms with Crippen LogP contribution in [-0.2, 0) is 11.3 Å². The summed E-state index contributed by atoms with van der Waals surface area (Å²) in [7, 11) is 0. The fourth-order valence-electron chi connectivity index (χ4n) is 2.38. The van der Waals surface area contributed by atoms with E-state index in [0.717, 1.165) is 31.2 Å². The first-order valence-electron chi connectivity index (χ1n) is 6.03. The average molecular weight is 219 g/mol. The Bertz CT molecular complexity index is 339.